The van der Waals surface area contributed by atoms with Crippen LogP contribution in [-0.4, -0.2) is 15.0 Å². The Morgan fingerprint density at radius 1 is 1.31 bits per heavy atom. The van der Waals surface area contributed by atoms with Crippen molar-refractivity contribution < 1.29 is 4.39 Å². The molecule has 0 N–H and O–H groups in total. The molecule has 82 valence electrons. The molecule has 0 aliphatic heterocycles. The van der Waals surface area contributed by atoms with Gasteiger partial charge in [-0.05, 0) is 35.0 Å². The monoisotopic (exact) mass is 301 g/mol. The van der Waals surface area contributed by atoms with Gasteiger partial charge in [0.15, 0.2) is 5.82 Å². The van der Waals surface area contributed by atoms with E-state index in [-0.39, 0.29) is 0 Å². The fraction of sp³-hybridized carbons (Fsp3) is 0.100. The molecule has 0 spiro atoms. The minimum Gasteiger partial charge on any atom is -0.250 e. The van der Waals surface area contributed by atoms with E-state index >= 15 is 0 Å². The fourth-order valence-electron chi connectivity index (χ4n) is 1.15. The molecule has 2 aromatic heterocycles. The van der Waals surface area contributed by atoms with Crippen molar-refractivity contribution in [3.8, 4) is 11.5 Å². The number of pyridine rings is 1. The van der Waals surface area contributed by atoms with Gasteiger partial charge in [-0.1, -0.05) is 11.6 Å². The zero-order chi connectivity index (χ0) is 11.7. The van der Waals surface area contributed by atoms with Gasteiger partial charge in [0, 0.05) is 0 Å². The Morgan fingerprint density at radius 2 is 2.06 bits per heavy atom. The van der Waals surface area contributed by atoms with Gasteiger partial charge in [0.25, 0.3) is 0 Å². The maximum absolute atomic E-state index is 12.7. The number of nitrogens with zero attached hydrogens (tertiary/aromatic N) is 3. The molecule has 2 rings (SSSR count). The predicted molar refractivity (Wildman–Crippen MR) is 62.7 cm³/mol. The summed E-state index contributed by atoms with van der Waals surface area (Å²) < 4.78 is 13.3. The van der Waals surface area contributed by atoms with Crippen molar-refractivity contribution >= 4 is 27.5 Å². The number of halogens is 3. The standard InChI is InChI=1S/C10H6BrClFN3/c1-5-8(11)9(12)16-10(15-5)7-3-2-6(13)4-14-7/h2-4H,1H3. The average molecular weight is 303 g/mol. The molecule has 6 heteroatoms. The zero-order valence-corrected chi connectivity index (χ0v) is 10.5. The maximum atomic E-state index is 12.7. The van der Waals surface area contributed by atoms with Crippen molar-refractivity contribution in [1.82, 2.24) is 15.0 Å². The lowest BCUT2D eigenvalue weighted by atomic mass is 10.3. The third-order valence-corrected chi connectivity index (χ3v) is 3.38. The SMILES string of the molecule is Cc1nc(-c2ccc(F)cn2)nc(Cl)c1Br. The summed E-state index contributed by atoms with van der Waals surface area (Å²) in [7, 11) is 0. The minimum absolute atomic E-state index is 0.314. The van der Waals surface area contributed by atoms with E-state index < -0.39 is 5.82 Å². The van der Waals surface area contributed by atoms with Gasteiger partial charge in [-0.15, -0.1) is 0 Å². The third-order valence-electron chi connectivity index (χ3n) is 1.93. The highest BCUT2D eigenvalue weighted by Gasteiger charge is 2.09. The zero-order valence-electron chi connectivity index (χ0n) is 8.21. The summed E-state index contributed by atoms with van der Waals surface area (Å²) in [5.41, 5.74) is 1.19. The van der Waals surface area contributed by atoms with Crippen molar-refractivity contribution in [3.63, 3.8) is 0 Å². The van der Waals surface area contributed by atoms with Crippen molar-refractivity contribution in [2.75, 3.05) is 0 Å². The Hall–Kier alpha value is -1.07. The minimum atomic E-state index is -0.399. The Bertz CT molecular complexity index is 507. The molecule has 0 aromatic carbocycles. The molecule has 0 fully saturated rings. The van der Waals surface area contributed by atoms with Crippen LogP contribution in [0.3, 0.4) is 0 Å². The molecule has 0 aliphatic rings. The summed E-state index contributed by atoms with van der Waals surface area (Å²) in [6.45, 7) is 1.80. The number of hydrogen-bond donors (Lipinski definition) is 0. The van der Waals surface area contributed by atoms with Gasteiger partial charge in [-0.25, -0.2) is 19.3 Å². The highest BCUT2D eigenvalue weighted by molar-refractivity contribution is 9.10. The second-order valence-electron chi connectivity index (χ2n) is 3.10. The van der Waals surface area contributed by atoms with Crippen molar-refractivity contribution in [1.29, 1.82) is 0 Å². The van der Waals surface area contributed by atoms with Crippen molar-refractivity contribution in [2.24, 2.45) is 0 Å². The van der Waals surface area contributed by atoms with Gasteiger partial charge in [-0.2, -0.15) is 0 Å². The maximum Gasteiger partial charge on any atom is 0.179 e. The van der Waals surface area contributed by atoms with Gasteiger partial charge in [0.2, 0.25) is 0 Å². The van der Waals surface area contributed by atoms with Crippen LogP contribution in [0, 0.1) is 12.7 Å². The summed E-state index contributed by atoms with van der Waals surface area (Å²) in [5.74, 6) is -0.0191. The predicted octanol–water partition coefficient (Wildman–Crippen LogP) is 3.40. The molecule has 0 radical (unpaired) electrons. The van der Waals surface area contributed by atoms with Gasteiger partial charge >= 0.3 is 0 Å². The summed E-state index contributed by atoms with van der Waals surface area (Å²) in [5, 5.41) is 0.314. The van der Waals surface area contributed by atoms with Crippen LogP contribution in [0.25, 0.3) is 11.5 Å². The van der Waals surface area contributed by atoms with Crippen molar-refractivity contribution in [2.45, 2.75) is 6.92 Å². The van der Waals surface area contributed by atoms with Crippen LogP contribution in [0.1, 0.15) is 5.69 Å². The van der Waals surface area contributed by atoms with E-state index in [0.717, 1.165) is 6.20 Å². The van der Waals surface area contributed by atoms with Crippen LogP contribution in [0.5, 0.6) is 0 Å². The molecule has 16 heavy (non-hydrogen) atoms. The number of rotatable bonds is 1. The van der Waals surface area contributed by atoms with E-state index in [1.807, 2.05) is 0 Å². The van der Waals surface area contributed by atoms with E-state index in [2.05, 4.69) is 30.9 Å². The van der Waals surface area contributed by atoms with Crippen LogP contribution >= 0.6 is 27.5 Å². The lowest BCUT2D eigenvalue weighted by Gasteiger charge is -2.03. The van der Waals surface area contributed by atoms with E-state index in [4.69, 9.17) is 11.6 Å². The number of hydrogen-bond acceptors (Lipinski definition) is 3. The Labute approximate surface area is 105 Å². The molecule has 0 saturated heterocycles. The molecule has 3 nitrogen and oxygen atoms in total. The quantitative estimate of drug-likeness (QED) is 0.758. The first-order valence-electron chi connectivity index (χ1n) is 4.39. The third kappa shape index (κ3) is 2.20. The lowest BCUT2D eigenvalue weighted by molar-refractivity contribution is 0.621. The van der Waals surface area contributed by atoms with E-state index in [1.165, 1.54) is 12.1 Å². The lowest BCUT2D eigenvalue weighted by Crippen LogP contribution is -1.96. The second-order valence-corrected chi connectivity index (χ2v) is 4.25. The molecular formula is C10H6BrClFN3. The number of aryl methyl sites for hydroxylation is 1. The molecule has 0 amide bonds. The van der Waals surface area contributed by atoms with Crippen molar-refractivity contribution in [3.05, 3.63) is 39.5 Å². The Morgan fingerprint density at radius 3 is 2.62 bits per heavy atom. The first kappa shape index (κ1) is 11.4. The highest BCUT2D eigenvalue weighted by atomic mass is 79.9. The van der Waals surface area contributed by atoms with Crippen LogP contribution in [0.4, 0.5) is 4.39 Å². The average Bonchev–Trinajstić information content (AvgIpc) is 2.26. The van der Waals surface area contributed by atoms with E-state index in [9.17, 15) is 4.39 Å². The van der Waals surface area contributed by atoms with Gasteiger partial charge in [0.05, 0.1) is 16.4 Å². The van der Waals surface area contributed by atoms with E-state index in [0.29, 0.717) is 26.8 Å². The molecule has 2 aromatic rings. The molecule has 0 unspecified atom stereocenters. The molecular weight excluding hydrogens is 296 g/mol. The van der Waals surface area contributed by atoms with Gasteiger partial charge in [-0.3, -0.25) is 0 Å². The normalized spacial score (nSPS) is 10.5. The smallest absolute Gasteiger partial charge is 0.179 e. The van der Waals surface area contributed by atoms with Crippen LogP contribution < -0.4 is 0 Å². The van der Waals surface area contributed by atoms with Crippen LogP contribution in [-0.2, 0) is 0 Å². The van der Waals surface area contributed by atoms with Gasteiger partial charge in [0.1, 0.15) is 16.7 Å². The van der Waals surface area contributed by atoms with Crippen LogP contribution in [0.15, 0.2) is 22.8 Å². The first-order valence-corrected chi connectivity index (χ1v) is 5.56. The van der Waals surface area contributed by atoms with Crippen LogP contribution in [0.2, 0.25) is 5.15 Å². The highest BCUT2D eigenvalue weighted by Crippen LogP contribution is 2.25. The summed E-state index contributed by atoms with van der Waals surface area (Å²) in [4.78, 5) is 12.1. The Balaban J connectivity index is 2.52. The molecule has 0 bridgehead atoms. The second kappa shape index (κ2) is 4.43. The molecule has 0 saturated carbocycles. The summed E-state index contributed by atoms with van der Waals surface area (Å²) in [6.07, 6.45) is 1.12. The number of aromatic nitrogens is 3. The van der Waals surface area contributed by atoms with E-state index in [1.54, 1.807) is 6.92 Å². The Kier molecular flexibility index (Phi) is 3.16. The summed E-state index contributed by atoms with van der Waals surface area (Å²) in [6, 6.07) is 2.81. The molecule has 0 aliphatic carbocycles. The first-order chi connectivity index (χ1) is 7.58. The fourth-order valence-corrected chi connectivity index (χ4v) is 1.54. The summed E-state index contributed by atoms with van der Waals surface area (Å²) >= 11 is 9.16. The largest absolute Gasteiger partial charge is 0.250 e. The topological polar surface area (TPSA) is 38.7 Å². The van der Waals surface area contributed by atoms with Gasteiger partial charge < -0.3 is 0 Å². The molecule has 2 heterocycles. The molecule has 0 atom stereocenters.